The van der Waals surface area contributed by atoms with Crippen molar-refractivity contribution in [1.29, 1.82) is 0 Å². The first-order chi connectivity index (χ1) is 17.4. The number of carbonyl (C=O) groups is 2. The lowest BCUT2D eigenvalue weighted by Gasteiger charge is -2.11. The summed E-state index contributed by atoms with van der Waals surface area (Å²) in [4.78, 5) is 25.2. The molecule has 0 aliphatic rings. The van der Waals surface area contributed by atoms with Crippen LogP contribution in [0.2, 0.25) is 0 Å². The van der Waals surface area contributed by atoms with E-state index in [0.717, 1.165) is 5.56 Å². The predicted molar refractivity (Wildman–Crippen MR) is 136 cm³/mol. The predicted octanol–water partition coefficient (Wildman–Crippen LogP) is 4.38. The summed E-state index contributed by atoms with van der Waals surface area (Å²) in [6.07, 6.45) is 0. The number of rotatable bonds is 9. The summed E-state index contributed by atoms with van der Waals surface area (Å²) in [6.45, 7) is 2.01. The SMILES string of the molecule is COc1cccc(C(=O)NCc2nnc(SCC(=O)Nc3cccc(C)c3)n2-c2ccc(F)cc2)c1. The van der Waals surface area contributed by atoms with Crippen molar-refractivity contribution < 1.29 is 18.7 Å². The van der Waals surface area contributed by atoms with E-state index in [0.29, 0.717) is 33.7 Å². The van der Waals surface area contributed by atoms with Gasteiger partial charge in [0.2, 0.25) is 5.91 Å². The molecule has 184 valence electrons. The zero-order valence-electron chi connectivity index (χ0n) is 19.7. The number of nitrogens with one attached hydrogen (secondary N) is 2. The average Bonchev–Trinajstić information content (AvgIpc) is 3.29. The number of hydrogen-bond donors (Lipinski definition) is 2. The van der Waals surface area contributed by atoms with Gasteiger partial charge in [0.1, 0.15) is 11.6 Å². The summed E-state index contributed by atoms with van der Waals surface area (Å²) in [5.74, 6) is 0.191. The van der Waals surface area contributed by atoms with Gasteiger partial charge in [-0.3, -0.25) is 14.2 Å². The van der Waals surface area contributed by atoms with Crippen molar-refractivity contribution in [2.75, 3.05) is 18.2 Å². The maximum atomic E-state index is 13.6. The number of halogens is 1. The van der Waals surface area contributed by atoms with Gasteiger partial charge in [0.15, 0.2) is 11.0 Å². The molecular weight excluding hydrogens is 481 g/mol. The normalized spacial score (nSPS) is 10.6. The van der Waals surface area contributed by atoms with E-state index < -0.39 is 0 Å². The molecule has 1 aromatic heterocycles. The van der Waals surface area contributed by atoms with Crippen LogP contribution in [0.5, 0.6) is 5.75 Å². The Hall–Kier alpha value is -4.18. The minimum Gasteiger partial charge on any atom is -0.497 e. The Morgan fingerprint density at radius 2 is 1.81 bits per heavy atom. The van der Waals surface area contributed by atoms with Crippen molar-refractivity contribution in [2.24, 2.45) is 0 Å². The topological polar surface area (TPSA) is 98.1 Å². The summed E-state index contributed by atoms with van der Waals surface area (Å²) >= 11 is 1.19. The van der Waals surface area contributed by atoms with Crippen LogP contribution in [-0.2, 0) is 11.3 Å². The van der Waals surface area contributed by atoms with Crippen LogP contribution in [0, 0.1) is 12.7 Å². The molecule has 4 rings (SSSR count). The second kappa shape index (κ2) is 11.5. The molecule has 0 saturated heterocycles. The summed E-state index contributed by atoms with van der Waals surface area (Å²) in [5, 5.41) is 14.6. The average molecular weight is 506 g/mol. The number of carbonyl (C=O) groups excluding carboxylic acids is 2. The lowest BCUT2D eigenvalue weighted by molar-refractivity contribution is -0.113. The number of thioether (sulfide) groups is 1. The molecule has 0 bridgehead atoms. The number of methoxy groups -OCH3 is 1. The molecule has 36 heavy (non-hydrogen) atoms. The zero-order chi connectivity index (χ0) is 25.5. The maximum Gasteiger partial charge on any atom is 0.251 e. The molecule has 0 saturated carbocycles. The van der Waals surface area contributed by atoms with Gasteiger partial charge in [0, 0.05) is 16.9 Å². The number of aryl methyl sites for hydroxylation is 1. The van der Waals surface area contributed by atoms with Crippen LogP contribution in [0.15, 0.2) is 78.0 Å². The number of nitrogens with zero attached hydrogens (tertiary/aromatic N) is 3. The van der Waals surface area contributed by atoms with Gasteiger partial charge in [-0.25, -0.2) is 4.39 Å². The van der Waals surface area contributed by atoms with Crippen molar-refractivity contribution in [3.63, 3.8) is 0 Å². The molecule has 0 unspecified atom stereocenters. The lowest BCUT2D eigenvalue weighted by atomic mass is 10.2. The van der Waals surface area contributed by atoms with Crippen LogP contribution in [0.1, 0.15) is 21.7 Å². The first-order valence-electron chi connectivity index (χ1n) is 11.0. The fraction of sp³-hybridized carbons (Fsp3) is 0.154. The summed E-state index contributed by atoms with van der Waals surface area (Å²) in [6, 6.07) is 20.1. The van der Waals surface area contributed by atoms with E-state index in [2.05, 4.69) is 20.8 Å². The van der Waals surface area contributed by atoms with Crippen LogP contribution in [0.3, 0.4) is 0 Å². The number of amides is 2. The molecule has 3 aromatic carbocycles. The van der Waals surface area contributed by atoms with Crippen LogP contribution < -0.4 is 15.4 Å². The van der Waals surface area contributed by atoms with Gasteiger partial charge < -0.3 is 15.4 Å². The van der Waals surface area contributed by atoms with Gasteiger partial charge in [0.25, 0.3) is 5.91 Å². The molecule has 0 atom stereocenters. The van der Waals surface area contributed by atoms with E-state index in [4.69, 9.17) is 4.74 Å². The number of anilines is 1. The molecule has 0 radical (unpaired) electrons. The molecule has 0 spiro atoms. The van der Waals surface area contributed by atoms with Crippen LogP contribution in [0.4, 0.5) is 10.1 Å². The highest BCUT2D eigenvalue weighted by Crippen LogP contribution is 2.23. The van der Waals surface area contributed by atoms with Crippen LogP contribution >= 0.6 is 11.8 Å². The van der Waals surface area contributed by atoms with Gasteiger partial charge in [-0.1, -0.05) is 30.0 Å². The molecule has 8 nitrogen and oxygen atoms in total. The second-order valence-corrected chi connectivity index (χ2v) is 8.77. The van der Waals surface area contributed by atoms with Crippen LogP contribution in [0.25, 0.3) is 5.69 Å². The Balaban J connectivity index is 1.50. The highest BCUT2D eigenvalue weighted by molar-refractivity contribution is 7.99. The Bertz CT molecular complexity index is 1370. The van der Waals surface area contributed by atoms with E-state index >= 15 is 0 Å². The number of benzene rings is 3. The minimum atomic E-state index is -0.383. The Morgan fingerprint density at radius 3 is 2.56 bits per heavy atom. The van der Waals surface area contributed by atoms with Gasteiger partial charge in [-0.15, -0.1) is 10.2 Å². The Labute approximate surface area is 211 Å². The number of ether oxygens (including phenoxy) is 1. The van der Waals surface area contributed by atoms with Crippen molar-refractivity contribution >= 4 is 29.3 Å². The molecule has 0 aliphatic heterocycles. The molecule has 1 heterocycles. The van der Waals surface area contributed by atoms with Crippen molar-refractivity contribution in [2.45, 2.75) is 18.6 Å². The third-order valence-electron chi connectivity index (χ3n) is 5.16. The Kier molecular flexibility index (Phi) is 7.96. The van der Waals surface area contributed by atoms with E-state index in [-0.39, 0.29) is 29.9 Å². The molecule has 0 fully saturated rings. The van der Waals surface area contributed by atoms with Crippen molar-refractivity contribution in [1.82, 2.24) is 20.1 Å². The molecule has 4 aromatic rings. The highest BCUT2D eigenvalue weighted by Gasteiger charge is 2.17. The maximum absolute atomic E-state index is 13.6. The fourth-order valence-corrected chi connectivity index (χ4v) is 4.20. The molecule has 2 N–H and O–H groups in total. The molecule has 10 heteroatoms. The summed E-state index contributed by atoms with van der Waals surface area (Å²) in [7, 11) is 1.53. The molecular formula is C26H24FN5O3S. The molecule has 2 amide bonds. The van der Waals surface area contributed by atoms with E-state index in [1.54, 1.807) is 41.0 Å². The van der Waals surface area contributed by atoms with Gasteiger partial charge >= 0.3 is 0 Å². The fourth-order valence-electron chi connectivity index (χ4n) is 3.43. The van der Waals surface area contributed by atoms with Gasteiger partial charge in [-0.05, 0) is 67.1 Å². The second-order valence-electron chi connectivity index (χ2n) is 7.83. The van der Waals surface area contributed by atoms with Crippen molar-refractivity contribution in [3.05, 3.63) is 95.6 Å². The van der Waals surface area contributed by atoms with E-state index in [1.807, 2.05) is 31.2 Å². The third-order valence-corrected chi connectivity index (χ3v) is 6.09. The zero-order valence-corrected chi connectivity index (χ0v) is 20.5. The monoisotopic (exact) mass is 505 g/mol. The van der Waals surface area contributed by atoms with Gasteiger partial charge in [-0.2, -0.15) is 0 Å². The molecule has 0 aliphatic carbocycles. The smallest absolute Gasteiger partial charge is 0.251 e. The Morgan fingerprint density at radius 1 is 1.03 bits per heavy atom. The van der Waals surface area contributed by atoms with Crippen molar-refractivity contribution in [3.8, 4) is 11.4 Å². The van der Waals surface area contributed by atoms with Crippen LogP contribution in [-0.4, -0.2) is 39.4 Å². The third kappa shape index (κ3) is 6.28. The lowest BCUT2D eigenvalue weighted by Crippen LogP contribution is -2.24. The van der Waals surface area contributed by atoms with E-state index in [1.165, 1.54) is 31.0 Å². The minimum absolute atomic E-state index is 0.0659. The quantitative estimate of drug-likeness (QED) is 0.328. The number of aromatic nitrogens is 3. The van der Waals surface area contributed by atoms with E-state index in [9.17, 15) is 14.0 Å². The summed E-state index contributed by atoms with van der Waals surface area (Å²) < 4.78 is 20.4. The standard InChI is InChI=1S/C26H24FN5O3S/c1-17-5-3-7-20(13-17)29-24(33)16-36-26-31-30-23(32(26)21-11-9-19(27)10-12-21)15-28-25(34)18-6-4-8-22(14-18)35-2/h3-14H,15-16H2,1-2H3,(H,28,34)(H,29,33). The largest absolute Gasteiger partial charge is 0.497 e. The highest BCUT2D eigenvalue weighted by atomic mass is 32.2. The summed E-state index contributed by atoms with van der Waals surface area (Å²) in [5.41, 5.74) is 2.79. The first kappa shape index (κ1) is 24.9. The number of hydrogen-bond acceptors (Lipinski definition) is 6. The van der Waals surface area contributed by atoms with Gasteiger partial charge in [0.05, 0.1) is 19.4 Å². The first-order valence-corrected chi connectivity index (χ1v) is 12.0.